The summed E-state index contributed by atoms with van der Waals surface area (Å²) in [5.74, 6) is 1.12. The van der Waals surface area contributed by atoms with Crippen LogP contribution in [0.5, 0.6) is 0 Å². The third-order valence-corrected chi connectivity index (χ3v) is 4.34. The molecule has 0 aromatic heterocycles. The summed E-state index contributed by atoms with van der Waals surface area (Å²) in [6.07, 6.45) is 4.93. The molecular formula is C14H27N3O2. The maximum absolute atomic E-state index is 12.1. The molecule has 1 fully saturated rings. The molecule has 1 aliphatic carbocycles. The molecule has 0 saturated heterocycles. The quantitative estimate of drug-likeness (QED) is 0.309. The van der Waals surface area contributed by atoms with E-state index in [9.17, 15) is 4.79 Å². The lowest BCUT2D eigenvalue weighted by Gasteiger charge is -2.39. The van der Waals surface area contributed by atoms with Crippen molar-refractivity contribution in [1.29, 1.82) is 0 Å². The van der Waals surface area contributed by atoms with E-state index in [-0.39, 0.29) is 11.7 Å². The summed E-state index contributed by atoms with van der Waals surface area (Å²) in [7, 11) is 0. The third-order valence-electron chi connectivity index (χ3n) is 4.34. The first-order valence-electron chi connectivity index (χ1n) is 7.22. The van der Waals surface area contributed by atoms with Crippen LogP contribution < -0.4 is 11.1 Å². The number of amidine groups is 1. The normalized spacial score (nSPS) is 29.8. The fraction of sp³-hybridized carbons (Fsp3) is 0.857. The molecule has 0 heterocycles. The molecular weight excluding hydrogens is 242 g/mol. The Bertz CT molecular complexity index is 334. The second-order valence-electron chi connectivity index (χ2n) is 6.02. The zero-order valence-electron chi connectivity index (χ0n) is 12.3. The van der Waals surface area contributed by atoms with Gasteiger partial charge in [-0.25, -0.2) is 0 Å². The monoisotopic (exact) mass is 269 g/mol. The zero-order valence-corrected chi connectivity index (χ0v) is 12.3. The molecule has 0 aliphatic heterocycles. The van der Waals surface area contributed by atoms with Gasteiger partial charge in [-0.3, -0.25) is 4.79 Å². The highest BCUT2D eigenvalue weighted by Crippen LogP contribution is 2.32. The summed E-state index contributed by atoms with van der Waals surface area (Å²) < 4.78 is 0. The minimum absolute atomic E-state index is 0.00416. The molecule has 0 aromatic rings. The summed E-state index contributed by atoms with van der Waals surface area (Å²) >= 11 is 0. The first kappa shape index (κ1) is 15.8. The van der Waals surface area contributed by atoms with Crippen LogP contribution in [0.4, 0.5) is 0 Å². The van der Waals surface area contributed by atoms with Crippen molar-refractivity contribution >= 4 is 11.7 Å². The van der Waals surface area contributed by atoms with Gasteiger partial charge in [0.1, 0.15) is 5.54 Å². The van der Waals surface area contributed by atoms with Gasteiger partial charge in [-0.05, 0) is 37.5 Å². The Hall–Kier alpha value is -1.26. The lowest BCUT2D eigenvalue weighted by Crippen LogP contribution is -2.59. The number of hydrogen-bond acceptors (Lipinski definition) is 3. The minimum atomic E-state index is -0.647. The number of carbonyl (C=O) groups is 1. The Labute approximate surface area is 115 Å². The second kappa shape index (κ2) is 6.78. The van der Waals surface area contributed by atoms with Gasteiger partial charge in [-0.15, -0.1) is 0 Å². The Balaban J connectivity index is 2.73. The van der Waals surface area contributed by atoms with Gasteiger partial charge in [-0.1, -0.05) is 32.3 Å². The van der Waals surface area contributed by atoms with Gasteiger partial charge < -0.3 is 16.3 Å². The second-order valence-corrected chi connectivity index (χ2v) is 6.02. The highest BCUT2D eigenvalue weighted by atomic mass is 16.4. The van der Waals surface area contributed by atoms with E-state index >= 15 is 0 Å². The maximum atomic E-state index is 12.1. The summed E-state index contributed by atoms with van der Waals surface area (Å²) in [5, 5.41) is 15.1. The van der Waals surface area contributed by atoms with Gasteiger partial charge in [0.15, 0.2) is 5.84 Å². The van der Waals surface area contributed by atoms with E-state index in [1.165, 1.54) is 0 Å². The van der Waals surface area contributed by atoms with Gasteiger partial charge in [0.2, 0.25) is 5.91 Å². The molecule has 1 rings (SSSR count). The van der Waals surface area contributed by atoms with Crippen molar-refractivity contribution in [3.05, 3.63) is 0 Å². The number of nitrogens with zero attached hydrogens (tertiary/aromatic N) is 1. The fourth-order valence-electron chi connectivity index (χ4n) is 2.57. The lowest BCUT2D eigenvalue weighted by atomic mass is 9.76. The van der Waals surface area contributed by atoms with Crippen molar-refractivity contribution in [1.82, 2.24) is 5.32 Å². The van der Waals surface area contributed by atoms with E-state index < -0.39 is 5.54 Å². The number of hydrogen-bond donors (Lipinski definition) is 3. The number of amides is 1. The van der Waals surface area contributed by atoms with Gasteiger partial charge in [0.25, 0.3) is 0 Å². The molecule has 19 heavy (non-hydrogen) atoms. The minimum Gasteiger partial charge on any atom is -0.409 e. The van der Waals surface area contributed by atoms with Crippen LogP contribution in [0, 0.1) is 11.8 Å². The van der Waals surface area contributed by atoms with Gasteiger partial charge >= 0.3 is 0 Å². The predicted octanol–water partition coefficient (Wildman–Crippen LogP) is 2.23. The molecule has 1 atom stereocenters. The van der Waals surface area contributed by atoms with Crippen molar-refractivity contribution in [2.75, 3.05) is 0 Å². The van der Waals surface area contributed by atoms with Crippen LogP contribution in [0.3, 0.4) is 0 Å². The van der Waals surface area contributed by atoms with Crippen LogP contribution >= 0.6 is 0 Å². The van der Waals surface area contributed by atoms with Crippen LogP contribution in [0.2, 0.25) is 0 Å². The number of carbonyl (C=O) groups excluding carboxylic acids is 1. The van der Waals surface area contributed by atoms with E-state index in [1.807, 2.05) is 0 Å². The van der Waals surface area contributed by atoms with Crippen molar-refractivity contribution in [3.63, 3.8) is 0 Å². The smallest absolute Gasteiger partial charge is 0.221 e. The Morgan fingerprint density at radius 2 is 2.11 bits per heavy atom. The van der Waals surface area contributed by atoms with E-state index in [0.29, 0.717) is 18.3 Å². The molecule has 1 saturated carbocycles. The van der Waals surface area contributed by atoms with Crippen LogP contribution in [0.15, 0.2) is 5.16 Å². The lowest BCUT2D eigenvalue weighted by molar-refractivity contribution is -0.123. The van der Waals surface area contributed by atoms with E-state index in [4.69, 9.17) is 10.9 Å². The molecule has 1 aliphatic rings. The summed E-state index contributed by atoms with van der Waals surface area (Å²) in [6, 6.07) is 0. The average Bonchev–Trinajstić information content (AvgIpc) is 2.40. The Morgan fingerprint density at radius 3 is 2.58 bits per heavy atom. The largest absolute Gasteiger partial charge is 0.409 e. The molecule has 5 nitrogen and oxygen atoms in total. The summed E-state index contributed by atoms with van der Waals surface area (Å²) in [6.45, 7) is 6.31. The molecule has 1 amide bonds. The highest BCUT2D eigenvalue weighted by molar-refractivity contribution is 5.94. The zero-order chi connectivity index (χ0) is 14.5. The van der Waals surface area contributed by atoms with E-state index in [2.05, 4.69) is 31.2 Å². The molecule has 110 valence electrons. The predicted molar refractivity (Wildman–Crippen MR) is 76.0 cm³/mol. The number of oxime groups is 1. The van der Waals surface area contributed by atoms with Crippen LogP contribution in [0.1, 0.15) is 59.3 Å². The first-order chi connectivity index (χ1) is 8.93. The fourth-order valence-corrected chi connectivity index (χ4v) is 2.57. The molecule has 0 aromatic carbocycles. The molecule has 0 spiro atoms. The van der Waals surface area contributed by atoms with Crippen LogP contribution in [0.25, 0.3) is 0 Å². The number of rotatable bonds is 5. The van der Waals surface area contributed by atoms with Crippen molar-refractivity contribution in [2.24, 2.45) is 22.7 Å². The van der Waals surface area contributed by atoms with Gasteiger partial charge in [-0.2, -0.15) is 0 Å². The highest BCUT2D eigenvalue weighted by Gasteiger charge is 2.39. The number of nitrogens with two attached hydrogens (primary N) is 1. The van der Waals surface area contributed by atoms with E-state index in [1.54, 1.807) is 0 Å². The molecule has 4 N–H and O–H groups in total. The average molecular weight is 269 g/mol. The maximum Gasteiger partial charge on any atom is 0.221 e. The molecule has 0 radical (unpaired) electrons. The van der Waals surface area contributed by atoms with Crippen molar-refractivity contribution < 1.29 is 10.0 Å². The third kappa shape index (κ3) is 4.11. The van der Waals surface area contributed by atoms with Crippen LogP contribution in [-0.4, -0.2) is 22.5 Å². The SMILES string of the molecule is CCC(C)CC(=O)NC1(C(N)=NO)CCC(C)CC1. The van der Waals surface area contributed by atoms with Crippen molar-refractivity contribution in [2.45, 2.75) is 64.8 Å². The number of nitrogens with one attached hydrogen (secondary N) is 1. The van der Waals surface area contributed by atoms with Gasteiger partial charge in [0.05, 0.1) is 0 Å². The van der Waals surface area contributed by atoms with Gasteiger partial charge in [0, 0.05) is 6.42 Å². The standard InChI is InChI=1S/C14H27N3O2/c1-4-10(2)9-12(18)16-14(13(15)17-19)7-5-11(3)6-8-14/h10-11,19H,4-9H2,1-3H3,(H2,15,17)(H,16,18). The van der Waals surface area contributed by atoms with E-state index in [0.717, 1.165) is 32.1 Å². The Kier molecular flexibility index (Phi) is 5.63. The van der Waals surface area contributed by atoms with Crippen molar-refractivity contribution in [3.8, 4) is 0 Å². The summed E-state index contributed by atoms with van der Waals surface area (Å²) in [4.78, 5) is 12.1. The molecule has 1 unspecified atom stereocenters. The molecule has 5 heteroatoms. The molecule has 0 bridgehead atoms. The first-order valence-corrected chi connectivity index (χ1v) is 7.22. The summed E-state index contributed by atoms with van der Waals surface area (Å²) in [5.41, 5.74) is 5.18. The Morgan fingerprint density at radius 1 is 1.53 bits per heavy atom. The van der Waals surface area contributed by atoms with Crippen LogP contribution in [-0.2, 0) is 4.79 Å². The topological polar surface area (TPSA) is 87.7 Å².